The number of hydrogen-bond acceptors (Lipinski definition) is 5. The molecule has 0 fully saturated rings. The Balaban J connectivity index is 2.37. The molecule has 1 heterocycles. The Morgan fingerprint density at radius 2 is 2.00 bits per heavy atom. The van der Waals surface area contributed by atoms with E-state index < -0.39 is 17.6 Å². The highest BCUT2D eigenvalue weighted by molar-refractivity contribution is 7.15. The van der Waals surface area contributed by atoms with Crippen molar-refractivity contribution in [2.75, 3.05) is 17.7 Å². The van der Waals surface area contributed by atoms with E-state index >= 15 is 0 Å². The predicted molar refractivity (Wildman–Crippen MR) is 73.6 cm³/mol. The van der Waals surface area contributed by atoms with Gasteiger partial charge < -0.3 is 5.32 Å². The van der Waals surface area contributed by atoms with Gasteiger partial charge >= 0.3 is 6.18 Å². The van der Waals surface area contributed by atoms with Crippen molar-refractivity contribution >= 4 is 28.1 Å². The highest BCUT2D eigenvalue weighted by atomic mass is 32.1. The van der Waals surface area contributed by atoms with Gasteiger partial charge in [0.15, 0.2) is 0 Å². The molecule has 0 radical (unpaired) electrons. The number of aryl methyl sites for hydroxylation is 1. The third-order valence-corrected chi connectivity index (χ3v) is 3.37. The molecular weight excluding hydrogens is 305 g/mol. The van der Waals surface area contributed by atoms with Crippen molar-refractivity contribution in [3.05, 3.63) is 34.3 Å². The van der Waals surface area contributed by atoms with Crippen LogP contribution < -0.4 is 10.6 Å². The smallest absolute Gasteiger partial charge is 0.387 e. The van der Waals surface area contributed by atoms with Gasteiger partial charge in [0.1, 0.15) is 5.01 Å². The van der Waals surface area contributed by atoms with Crippen LogP contribution in [0.1, 0.15) is 20.9 Å². The third kappa shape index (κ3) is 3.30. The number of benzene rings is 1. The first-order chi connectivity index (χ1) is 9.82. The van der Waals surface area contributed by atoms with Gasteiger partial charge in [-0.2, -0.15) is 13.2 Å². The number of nitrogens with zero attached hydrogens (tertiary/aromatic N) is 2. The lowest BCUT2D eigenvalue weighted by Crippen LogP contribution is -2.17. The molecule has 0 aliphatic heterocycles. The van der Waals surface area contributed by atoms with E-state index in [2.05, 4.69) is 20.8 Å². The number of para-hydroxylation sites is 1. The van der Waals surface area contributed by atoms with Crippen LogP contribution >= 0.6 is 11.3 Å². The number of alkyl halides is 3. The number of halogens is 3. The van der Waals surface area contributed by atoms with Crippen LogP contribution in [0, 0.1) is 6.92 Å². The minimum atomic E-state index is -4.55. The largest absolute Gasteiger partial charge is 0.418 e. The molecule has 0 spiro atoms. The van der Waals surface area contributed by atoms with Crippen molar-refractivity contribution in [1.29, 1.82) is 0 Å². The zero-order valence-electron chi connectivity index (χ0n) is 11.1. The van der Waals surface area contributed by atoms with Gasteiger partial charge in [0.05, 0.1) is 16.8 Å². The number of aromatic nitrogens is 2. The first-order valence-electron chi connectivity index (χ1n) is 5.82. The first-order valence-corrected chi connectivity index (χ1v) is 6.64. The highest BCUT2D eigenvalue weighted by Crippen LogP contribution is 2.36. The molecule has 2 aromatic rings. The number of carbonyl (C=O) groups excluding carboxylic acids is 1. The summed E-state index contributed by atoms with van der Waals surface area (Å²) in [6, 6.07) is 3.41. The molecule has 0 atom stereocenters. The predicted octanol–water partition coefficient (Wildman–Crippen LogP) is 3.16. The van der Waals surface area contributed by atoms with Crippen LogP contribution in [0.2, 0.25) is 0 Å². The molecule has 0 saturated carbocycles. The van der Waals surface area contributed by atoms with E-state index in [0.29, 0.717) is 5.01 Å². The lowest BCUT2D eigenvalue weighted by atomic mass is 10.1. The first kappa shape index (κ1) is 15.2. The molecule has 0 saturated heterocycles. The maximum Gasteiger partial charge on any atom is 0.418 e. The molecule has 5 nitrogen and oxygen atoms in total. The number of anilines is 2. The molecule has 9 heteroatoms. The van der Waals surface area contributed by atoms with Crippen molar-refractivity contribution in [2.24, 2.45) is 0 Å². The second kappa shape index (κ2) is 5.68. The lowest BCUT2D eigenvalue weighted by molar-refractivity contribution is -0.136. The summed E-state index contributed by atoms with van der Waals surface area (Å²) in [6.07, 6.45) is -4.55. The minimum absolute atomic E-state index is 0.111. The third-order valence-electron chi connectivity index (χ3n) is 2.61. The lowest BCUT2D eigenvalue weighted by Gasteiger charge is -2.15. The highest BCUT2D eigenvalue weighted by Gasteiger charge is 2.35. The summed E-state index contributed by atoms with van der Waals surface area (Å²) in [5.74, 6) is -0.679. The number of rotatable bonds is 3. The van der Waals surface area contributed by atoms with Gasteiger partial charge in [-0.15, -0.1) is 10.2 Å². The summed E-state index contributed by atoms with van der Waals surface area (Å²) in [4.78, 5) is 12.1. The van der Waals surface area contributed by atoms with E-state index in [1.165, 1.54) is 19.2 Å². The zero-order valence-corrected chi connectivity index (χ0v) is 11.9. The van der Waals surface area contributed by atoms with E-state index in [1.54, 1.807) is 6.92 Å². The van der Waals surface area contributed by atoms with Gasteiger partial charge in [0, 0.05) is 7.05 Å². The minimum Gasteiger partial charge on any atom is -0.387 e. The summed E-state index contributed by atoms with van der Waals surface area (Å²) in [5.41, 5.74) is -1.28. The normalized spacial score (nSPS) is 11.3. The molecule has 0 aliphatic rings. The summed E-state index contributed by atoms with van der Waals surface area (Å²) < 4.78 is 38.8. The van der Waals surface area contributed by atoms with E-state index in [1.807, 2.05) is 0 Å². The fraction of sp³-hybridized carbons (Fsp3) is 0.250. The molecule has 21 heavy (non-hydrogen) atoms. The maximum absolute atomic E-state index is 12.9. The Bertz CT molecular complexity index is 669. The average molecular weight is 316 g/mol. The molecule has 2 rings (SSSR count). The molecule has 1 amide bonds. The maximum atomic E-state index is 12.9. The average Bonchev–Trinajstić information content (AvgIpc) is 2.82. The number of carbonyl (C=O) groups is 1. The van der Waals surface area contributed by atoms with Crippen LogP contribution in [-0.2, 0) is 6.18 Å². The van der Waals surface area contributed by atoms with Gasteiger partial charge in [0.2, 0.25) is 5.13 Å². The summed E-state index contributed by atoms with van der Waals surface area (Å²) in [6.45, 7) is 1.70. The fourth-order valence-electron chi connectivity index (χ4n) is 1.76. The molecule has 0 aliphatic carbocycles. The fourth-order valence-corrected chi connectivity index (χ4v) is 2.35. The number of amides is 1. The Kier molecular flexibility index (Phi) is 4.12. The second-order valence-electron chi connectivity index (χ2n) is 4.06. The van der Waals surface area contributed by atoms with Gasteiger partial charge in [-0.25, -0.2) is 0 Å². The van der Waals surface area contributed by atoms with Crippen LogP contribution in [0.15, 0.2) is 18.2 Å². The van der Waals surface area contributed by atoms with Crippen molar-refractivity contribution < 1.29 is 18.0 Å². The van der Waals surface area contributed by atoms with Gasteiger partial charge in [0.25, 0.3) is 5.91 Å². The van der Waals surface area contributed by atoms with Crippen molar-refractivity contribution in [1.82, 2.24) is 10.2 Å². The summed E-state index contributed by atoms with van der Waals surface area (Å²) in [5, 5.41) is 13.2. The zero-order chi connectivity index (χ0) is 15.6. The summed E-state index contributed by atoms with van der Waals surface area (Å²) >= 11 is 1.14. The molecule has 1 aromatic carbocycles. The Hall–Kier alpha value is -2.16. The van der Waals surface area contributed by atoms with E-state index in [0.717, 1.165) is 17.4 Å². The van der Waals surface area contributed by atoms with Crippen LogP contribution in [0.4, 0.5) is 24.0 Å². The van der Waals surface area contributed by atoms with Gasteiger partial charge in [-0.1, -0.05) is 17.4 Å². The van der Waals surface area contributed by atoms with Crippen molar-refractivity contribution in [3.8, 4) is 0 Å². The molecule has 0 bridgehead atoms. The molecule has 0 unspecified atom stereocenters. The van der Waals surface area contributed by atoms with Gasteiger partial charge in [-0.3, -0.25) is 10.1 Å². The standard InChI is InChI=1S/C12H11F3N4OS/c1-6-18-19-11(21-6)17-10(20)7-4-3-5-8(9(7)16-2)12(13,14)15/h3-5,16H,1-2H3,(H,17,19,20). The monoisotopic (exact) mass is 316 g/mol. The van der Waals surface area contributed by atoms with Crippen LogP contribution in [-0.4, -0.2) is 23.2 Å². The molecular formula is C12H11F3N4OS. The van der Waals surface area contributed by atoms with Crippen molar-refractivity contribution in [3.63, 3.8) is 0 Å². The van der Waals surface area contributed by atoms with E-state index in [-0.39, 0.29) is 16.4 Å². The van der Waals surface area contributed by atoms with Crippen LogP contribution in [0.3, 0.4) is 0 Å². The van der Waals surface area contributed by atoms with E-state index in [4.69, 9.17) is 0 Å². The quantitative estimate of drug-likeness (QED) is 0.913. The second-order valence-corrected chi connectivity index (χ2v) is 5.24. The Labute approximate surface area is 122 Å². The van der Waals surface area contributed by atoms with E-state index in [9.17, 15) is 18.0 Å². The topological polar surface area (TPSA) is 66.9 Å². The Morgan fingerprint density at radius 1 is 1.29 bits per heavy atom. The number of hydrogen-bond donors (Lipinski definition) is 2. The molecule has 112 valence electrons. The SMILES string of the molecule is CNc1c(C(=O)Nc2nnc(C)s2)cccc1C(F)(F)F. The molecule has 1 aromatic heterocycles. The van der Waals surface area contributed by atoms with Crippen LogP contribution in [0.5, 0.6) is 0 Å². The van der Waals surface area contributed by atoms with Crippen LogP contribution in [0.25, 0.3) is 0 Å². The van der Waals surface area contributed by atoms with Gasteiger partial charge in [-0.05, 0) is 19.1 Å². The Morgan fingerprint density at radius 3 is 2.52 bits per heavy atom. The molecule has 2 N–H and O–H groups in total. The van der Waals surface area contributed by atoms with Crippen molar-refractivity contribution in [2.45, 2.75) is 13.1 Å². The number of nitrogens with one attached hydrogen (secondary N) is 2. The summed E-state index contributed by atoms with van der Waals surface area (Å²) in [7, 11) is 1.33.